The Balaban J connectivity index is 1.89. The fraction of sp³-hybridized carbons (Fsp3) is 0.588. The Bertz CT molecular complexity index is 515. The molecular weight excluding hydrogens is 301 g/mol. The number of aryl methyl sites for hydroxylation is 1. The first-order chi connectivity index (χ1) is 10.5. The molecule has 3 nitrogen and oxygen atoms in total. The van der Waals surface area contributed by atoms with E-state index in [9.17, 15) is 9.18 Å². The van der Waals surface area contributed by atoms with Gasteiger partial charge in [-0.3, -0.25) is 9.52 Å². The fourth-order valence-corrected chi connectivity index (χ4v) is 3.03. The third-order valence-corrected chi connectivity index (χ3v) is 4.49. The van der Waals surface area contributed by atoms with Crippen LogP contribution in [0.1, 0.15) is 38.7 Å². The van der Waals surface area contributed by atoms with Crippen LogP contribution >= 0.6 is 11.9 Å². The van der Waals surface area contributed by atoms with Crippen LogP contribution in [-0.4, -0.2) is 24.2 Å². The number of hydrogen-bond acceptors (Lipinski definition) is 4. The van der Waals surface area contributed by atoms with E-state index in [2.05, 4.69) is 4.72 Å². The Kier molecular flexibility index (Phi) is 6.26. The summed E-state index contributed by atoms with van der Waals surface area (Å²) in [5.41, 5.74) is 0.821. The van der Waals surface area contributed by atoms with Gasteiger partial charge in [0, 0.05) is 37.3 Å². The zero-order valence-electron chi connectivity index (χ0n) is 13.4. The molecule has 1 N–H and O–H groups in total. The predicted molar refractivity (Wildman–Crippen MR) is 88.7 cm³/mol. The van der Waals surface area contributed by atoms with E-state index in [1.807, 2.05) is 26.2 Å². The lowest BCUT2D eigenvalue weighted by molar-refractivity contribution is -0.121. The number of ether oxygens (including phenoxy) is 1. The molecule has 0 radical (unpaired) electrons. The average molecular weight is 325 g/mol. The van der Waals surface area contributed by atoms with Gasteiger partial charge in [0.05, 0.1) is 0 Å². The van der Waals surface area contributed by atoms with E-state index in [4.69, 9.17) is 4.74 Å². The van der Waals surface area contributed by atoms with Crippen LogP contribution in [-0.2, 0) is 11.2 Å². The van der Waals surface area contributed by atoms with E-state index in [1.165, 1.54) is 12.1 Å². The summed E-state index contributed by atoms with van der Waals surface area (Å²) in [6.07, 6.45) is 5.05. The van der Waals surface area contributed by atoms with Crippen LogP contribution < -0.4 is 9.46 Å². The Morgan fingerprint density at radius 1 is 1.41 bits per heavy atom. The Morgan fingerprint density at radius 2 is 2.14 bits per heavy atom. The van der Waals surface area contributed by atoms with Crippen LogP contribution in [0.2, 0.25) is 0 Å². The molecule has 2 rings (SSSR count). The molecule has 0 amide bonds. The molecule has 22 heavy (non-hydrogen) atoms. The van der Waals surface area contributed by atoms with Gasteiger partial charge in [-0.1, -0.05) is 25.8 Å². The van der Waals surface area contributed by atoms with E-state index in [1.54, 1.807) is 11.9 Å². The Labute approximate surface area is 136 Å². The molecule has 0 atom stereocenters. The van der Waals surface area contributed by atoms with E-state index >= 15 is 0 Å². The van der Waals surface area contributed by atoms with Gasteiger partial charge < -0.3 is 4.74 Å². The first-order valence-electron chi connectivity index (χ1n) is 7.75. The molecule has 122 valence electrons. The molecule has 5 heteroatoms. The minimum Gasteiger partial charge on any atom is -0.490 e. The summed E-state index contributed by atoms with van der Waals surface area (Å²) < 4.78 is 22.8. The summed E-state index contributed by atoms with van der Waals surface area (Å²) in [6, 6.07) is 5.24. The second-order valence-electron chi connectivity index (χ2n) is 6.15. The maximum Gasteiger partial charge on any atom is 0.135 e. The minimum absolute atomic E-state index is 0.0279. The molecule has 1 aliphatic carbocycles. The van der Waals surface area contributed by atoms with Crippen molar-refractivity contribution in [3.63, 3.8) is 0 Å². The van der Waals surface area contributed by atoms with Crippen LogP contribution in [0.5, 0.6) is 5.75 Å². The van der Waals surface area contributed by atoms with Gasteiger partial charge in [-0.05, 0) is 30.4 Å². The highest BCUT2D eigenvalue weighted by Gasteiger charge is 2.30. The zero-order chi connectivity index (χ0) is 16.1. The SMILES string of the molecule is CSNC1CC(Oc2cc(F)cc(CCC(=O)C(C)C)c2)C1. The smallest absolute Gasteiger partial charge is 0.135 e. The topological polar surface area (TPSA) is 38.3 Å². The number of ketones is 1. The zero-order valence-corrected chi connectivity index (χ0v) is 14.2. The largest absolute Gasteiger partial charge is 0.490 e. The number of carbonyl (C=O) groups excluding carboxylic acids is 1. The van der Waals surface area contributed by atoms with E-state index in [0.717, 1.165) is 18.4 Å². The minimum atomic E-state index is -0.303. The summed E-state index contributed by atoms with van der Waals surface area (Å²) in [5, 5.41) is 0. The number of carbonyl (C=O) groups is 1. The number of benzene rings is 1. The van der Waals surface area contributed by atoms with Crippen LogP contribution in [0.25, 0.3) is 0 Å². The van der Waals surface area contributed by atoms with Crippen molar-refractivity contribution >= 4 is 17.7 Å². The monoisotopic (exact) mass is 325 g/mol. The molecule has 1 fully saturated rings. The van der Waals surface area contributed by atoms with Gasteiger partial charge in [0.15, 0.2) is 0 Å². The maximum atomic E-state index is 13.7. The molecule has 0 aromatic heterocycles. The van der Waals surface area contributed by atoms with Gasteiger partial charge in [-0.2, -0.15) is 0 Å². The lowest BCUT2D eigenvalue weighted by atomic mass is 9.90. The molecule has 0 saturated heterocycles. The van der Waals surface area contributed by atoms with Gasteiger partial charge in [0.1, 0.15) is 23.5 Å². The summed E-state index contributed by atoms with van der Waals surface area (Å²) >= 11 is 1.61. The van der Waals surface area contributed by atoms with Crippen molar-refractivity contribution in [2.75, 3.05) is 6.26 Å². The van der Waals surface area contributed by atoms with Gasteiger partial charge in [-0.25, -0.2) is 4.39 Å². The molecule has 1 aliphatic rings. The fourth-order valence-electron chi connectivity index (χ4n) is 2.51. The van der Waals surface area contributed by atoms with E-state index in [-0.39, 0.29) is 23.6 Å². The van der Waals surface area contributed by atoms with E-state index in [0.29, 0.717) is 24.6 Å². The molecule has 0 aliphatic heterocycles. The van der Waals surface area contributed by atoms with Crippen molar-refractivity contribution in [3.8, 4) is 5.75 Å². The Morgan fingerprint density at radius 3 is 2.77 bits per heavy atom. The number of halogens is 1. The Hall–Kier alpha value is -1.07. The van der Waals surface area contributed by atoms with Gasteiger partial charge in [-0.15, -0.1) is 0 Å². The highest BCUT2D eigenvalue weighted by Crippen LogP contribution is 2.28. The average Bonchev–Trinajstić information content (AvgIpc) is 2.42. The summed E-state index contributed by atoms with van der Waals surface area (Å²) in [4.78, 5) is 11.7. The third-order valence-electron chi connectivity index (χ3n) is 3.92. The molecule has 1 aromatic carbocycles. The third kappa shape index (κ3) is 4.99. The second kappa shape index (κ2) is 7.97. The summed E-state index contributed by atoms with van der Waals surface area (Å²) in [6.45, 7) is 3.77. The van der Waals surface area contributed by atoms with Gasteiger partial charge in [0.25, 0.3) is 0 Å². The predicted octanol–water partition coefficient (Wildman–Crippen LogP) is 3.76. The van der Waals surface area contributed by atoms with Crippen LogP contribution in [0.4, 0.5) is 4.39 Å². The number of Topliss-reactive ketones (excluding diaryl/α,β-unsaturated/α-hetero) is 1. The molecule has 1 aromatic rings. The summed E-state index contributed by atoms with van der Waals surface area (Å²) in [5.74, 6) is 0.499. The standard InChI is InChI=1S/C17H24FNO2S/c1-11(2)17(20)5-4-12-6-13(18)8-15(7-12)21-16-9-14(10-16)19-22-3/h6-8,11,14,16,19H,4-5,9-10H2,1-3H3. The molecule has 0 bridgehead atoms. The highest BCUT2D eigenvalue weighted by molar-refractivity contribution is 7.96. The van der Waals surface area contributed by atoms with Gasteiger partial charge >= 0.3 is 0 Å². The van der Waals surface area contributed by atoms with Crippen LogP contribution in [0, 0.1) is 11.7 Å². The van der Waals surface area contributed by atoms with Crippen molar-refractivity contribution in [2.45, 2.75) is 51.7 Å². The maximum absolute atomic E-state index is 13.7. The second-order valence-corrected chi connectivity index (χ2v) is 6.79. The lowest BCUT2D eigenvalue weighted by Gasteiger charge is -2.35. The van der Waals surface area contributed by atoms with Crippen molar-refractivity contribution in [1.29, 1.82) is 0 Å². The van der Waals surface area contributed by atoms with Gasteiger partial charge in [0.2, 0.25) is 0 Å². The number of hydrogen-bond donors (Lipinski definition) is 1. The van der Waals surface area contributed by atoms with Crippen molar-refractivity contribution < 1.29 is 13.9 Å². The number of nitrogens with one attached hydrogen (secondary N) is 1. The number of rotatable bonds is 8. The molecule has 1 saturated carbocycles. The van der Waals surface area contributed by atoms with Crippen molar-refractivity contribution in [3.05, 3.63) is 29.6 Å². The first-order valence-corrected chi connectivity index (χ1v) is 8.97. The normalized spacial score (nSPS) is 20.8. The van der Waals surface area contributed by atoms with Crippen molar-refractivity contribution in [1.82, 2.24) is 4.72 Å². The summed E-state index contributed by atoms with van der Waals surface area (Å²) in [7, 11) is 0. The van der Waals surface area contributed by atoms with Crippen molar-refractivity contribution in [2.24, 2.45) is 5.92 Å². The van der Waals surface area contributed by atoms with Crippen LogP contribution in [0.3, 0.4) is 0 Å². The molecular formula is C17H24FNO2S. The molecule has 0 unspecified atom stereocenters. The molecule has 0 heterocycles. The van der Waals surface area contributed by atoms with Crippen LogP contribution in [0.15, 0.2) is 18.2 Å². The highest BCUT2D eigenvalue weighted by atomic mass is 32.2. The lowest BCUT2D eigenvalue weighted by Crippen LogP contribution is -2.44. The van der Waals surface area contributed by atoms with E-state index < -0.39 is 0 Å². The molecule has 0 spiro atoms. The first kappa shape index (κ1) is 17.3. The quantitative estimate of drug-likeness (QED) is 0.739.